The fourth-order valence-corrected chi connectivity index (χ4v) is 7.18. The molecule has 0 spiro atoms. The Balaban J connectivity index is 4.55. The van der Waals surface area contributed by atoms with Gasteiger partial charge in [0.15, 0.2) is 0 Å². The van der Waals surface area contributed by atoms with Crippen LogP contribution in [0.5, 0.6) is 0 Å². The van der Waals surface area contributed by atoms with Gasteiger partial charge in [0, 0.05) is 38.8 Å². The van der Waals surface area contributed by atoms with Crippen molar-refractivity contribution in [3.63, 3.8) is 0 Å². The van der Waals surface area contributed by atoms with Gasteiger partial charge in [0.05, 0.1) is 39.6 Å². The Morgan fingerprint density at radius 3 is 1.12 bits per heavy atom. The molecule has 0 radical (unpaired) electrons. The molecule has 5 N–H and O–H groups in total. The number of ether oxygens (including phenoxy) is 7. The third kappa shape index (κ3) is 47.3. The van der Waals surface area contributed by atoms with Gasteiger partial charge in [-0.25, -0.2) is 14.4 Å². The molecule has 2 atom stereocenters. The minimum absolute atomic E-state index is 0.0632. The first-order valence-corrected chi connectivity index (χ1v) is 27.2. The monoisotopic (exact) mass is 1060 g/mol. The van der Waals surface area contributed by atoms with Crippen LogP contribution in [0.15, 0.2) is 0 Å². The number of amides is 4. The van der Waals surface area contributed by atoms with E-state index in [2.05, 4.69) is 21.3 Å². The minimum atomic E-state index is -1.16. The molecule has 0 heterocycles. The van der Waals surface area contributed by atoms with Crippen molar-refractivity contribution in [2.75, 3.05) is 65.9 Å². The maximum absolute atomic E-state index is 13.3. The Morgan fingerprint density at radius 1 is 0.378 bits per heavy atom. The van der Waals surface area contributed by atoms with Gasteiger partial charge in [-0.1, -0.05) is 89.9 Å². The van der Waals surface area contributed by atoms with Crippen molar-refractivity contribution in [3.05, 3.63) is 0 Å². The lowest BCUT2D eigenvalue weighted by Gasteiger charge is -2.26. The van der Waals surface area contributed by atoms with Crippen molar-refractivity contribution in [1.29, 1.82) is 0 Å². The third-order valence-electron chi connectivity index (χ3n) is 10.7. The highest BCUT2D eigenvalue weighted by molar-refractivity contribution is 5.87. The number of carbonyl (C=O) groups excluding carboxylic acids is 7. The van der Waals surface area contributed by atoms with Gasteiger partial charge in [-0.05, 0) is 88.0 Å². The first-order valence-electron chi connectivity index (χ1n) is 27.2. The molecule has 0 aliphatic heterocycles. The highest BCUT2D eigenvalue weighted by atomic mass is 16.6. The van der Waals surface area contributed by atoms with Gasteiger partial charge in [0.2, 0.25) is 23.6 Å². The van der Waals surface area contributed by atoms with E-state index >= 15 is 0 Å². The normalized spacial score (nSPS) is 12.6. The Hall–Kier alpha value is -4.40. The molecular formula is C54H98N4O16. The molecule has 20 nitrogen and oxygen atoms in total. The Kier molecular flexibility index (Phi) is 39.3. The van der Waals surface area contributed by atoms with E-state index in [1.807, 2.05) is 20.8 Å². The largest absolute Gasteiger partial charge is 0.480 e. The van der Waals surface area contributed by atoms with Crippen molar-refractivity contribution in [3.8, 4) is 0 Å². The smallest absolute Gasteiger partial charge is 0.329 e. The molecule has 0 aromatic heterocycles. The first kappa shape index (κ1) is 69.6. The Morgan fingerprint density at radius 2 is 0.716 bits per heavy atom. The van der Waals surface area contributed by atoms with Gasteiger partial charge in [-0.15, -0.1) is 0 Å². The lowest BCUT2D eigenvalue weighted by atomic mass is 10.0. The van der Waals surface area contributed by atoms with Crippen molar-refractivity contribution in [1.82, 2.24) is 21.3 Å². The second-order valence-corrected chi connectivity index (χ2v) is 21.6. The van der Waals surface area contributed by atoms with E-state index in [1.165, 1.54) is 64.2 Å². The molecule has 4 amide bonds. The van der Waals surface area contributed by atoms with Crippen molar-refractivity contribution >= 4 is 47.5 Å². The number of carboxylic acids is 1. The minimum Gasteiger partial charge on any atom is -0.480 e. The van der Waals surface area contributed by atoms with Gasteiger partial charge >= 0.3 is 23.9 Å². The van der Waals surface area contributed by atoms with Gasteiger partial charge in [-0.3, -0.25) is 24.0 Å². The molecule has 0 saturated carbocycles. The van der Waals surface area contributed by atoms with E-state index in [0.29, 0.717) is 12.8 Å². The van der Waals surface area contributed by atoms with Crippen molar-refractivity contribution in [2.45, 2.75) is 232 Å². The topological polar surface area (TPSA) is 270 Å². The van der Waals surface area contributed by atoms with E-state index in [-0.39, 0.29) is 115 Å². The summed E-state index contributed by atoms with van der Waals surface area (Å²) in [4.78, 5) is 99.4. The number of esters is 3. The lowest BCUT2D eigenvalue weighted by Crippen LogP contribution is -2.47. The van der Waals surface area contributed by atoms with Gasteiger partial charge in [-0.2, -0.15) is 0 Å². The summed E-state index contributed by atoms with van der Waals surface area (Å²) in [5, 5.41) is 19.2. The lowest BCUT2D eigenvalue weighted by molar-refractivity contribution is -0.160. The van der Waals surface area contributed by atoms with Gasteiger partial charge < -0.3 is 59.5 Å². The summed E-state index contributed by atoms with van der Waals surface area (Å²) in [7, 11) is 0. The molecule has 20 heteroatoms. The van der Waals surface area contributed by atoms with E-state index in [4.69, 9.17) is 38.3 Å². The molecule has 0 rings (SSSR count). The van der Waals surface area contributed by atoms with Crippen LogP contribution < -0.4 is 21.3 Å². The zero-order chi connectivity index (χ0) is 55.7. The van der Waals surface area contributed by atoms with Crippen LogP contribution in [0, 0.1) is 0 Å². The van der Waals surface area contributed by atoms with Crippen molar-refractivity contribution in [2.24, 2.45) is 0 Å². The molecule has 0 unspecified atom stereocenters. The number of carbonyl (C=O) groups is 8. The van der Waals surface area contributed by atoms with Gasteiger partial charge in [0.1, 0.15) is 42.1 Å². The highest BCUT2D eigenvalue weighted by Crippen LogP contribution is 2.17. The molecule has 0 bridgehead atoms. The predicted molar refractivity (Wildman–Crippen MR) is 280 cm³/mol. The molecule has 0 aromatic rings. The second kappa shape index (κ2) is 41.8. The SMILES string of the molecule is CC(C)(C)OC(=O)CCCCCCCCCCCCCCCCCCC(=O)N[C@@H](CCC(=O)N[C@@H](CCC(=O)NCCOCCOCC(=O)NCCOCCOCC(=O)O)C(=O)OC(C)(C)C)C(=O)OC(C)(C)C. The van der Waals surface area contributed by atoms with Crippen LogP contribution in [-0.4, -0.2) is 147 Å². The number of rotatable bonds is 45. The van der Waals surface area contributed by atoms with Crippen LogP contribution in [-0.2, 0) is 71.5 Å². The Labute approximate surface area is 442 Å². The number of hydrogen-bond acceptors (Lipinski definition) is 15. The van der Waals surface area contributed by atoms with Crippen LogP contribution in [0.3, 0.4) is 0 Å². The summed E-state index contributed by atoms with van der Waals surface area (Å²) >= 11 is 0. The van der Waals surface area contributed by atoms with Gasteiger partial charge in [0.25, 0.3) is 0 Å². The van der Waals surface area contributed by atoms with Crippen LogP contribution in [0.1, 0.15) is 204 Å². The van der Waals surface area contributed by atoms with E-state index < -0.39 is 59.3 Å². The summed E-state index contributed by atoms with van der Waals surface area (Å²) in [5.74, 6) is -4.17. The number of unbranched alkanes of at least 4 members (excludes halogenated alkanes) is 15. The van der Waals surface area contributed by atoms with E-state index in [9.17, 15) is 38.4 Å². The summed E-state index contributed by atoms with van der Waals surface area (Å²) in [5.41, 5.74) is -2.11. The van der Waals surface area contributed by atoms with E-state index in [0.717, 1.165) is 32.1 Å². The average Bonchev–Trinajstić information content (AvgIpc) is 3.28. The summed E-state index contributed by atoms with van der Waals surface area (Å²) in [6, 6.07) is -2.25. The summed E-state index contributed by atoms with van der Waals surface area (Å²) in [6.45, 7) is 16.7. The number of hydrogen-bond donors (Lipinski definition) is 5. The molecule has 74 heavy (non-hydrogen) atoms. The van der Waals surface area contributed by atoms with E-state index in [1.54, 1.807) is 41.5 Å². The zero-order valence-corrected chi connectivity index (χ0v) is 46.9. The molecule has 0 aliphatic carbocycles. The fraction of sp³-hybridized carbons (Fsp3) is 0.852. The molecule has 0 aliphatic rings. The Bertz CT molecular complexity index is 1590. The molecule has 0 fully saturated rings. The highest BCUT2D eigenvalue weighted by Gasteiger charge is 2.30. The number of aliphatic carboxylic acids is 1. The zero-order valence-electron chi connectivity index (χ0n) is 46.9. The van der Waals surface area contributed by atoms with Crippen LogP contribution >= 0.6 is 0 Å². The molecule has 430 valence electrons. The molecule has 0 aromatic carbocycles. The van der Waals surface area contributed by atoms with Crippen LogP contribution in [0.2, 0.25) is 0 Å². The standard InChI is InChI=1S/C54H98N4O16/c1-52(2,3)72-49(65)27-25-23-21-19-17-15-13-11-10-12-14-16-18-20-22-24-26-45(60)57-43(51(67)74-54(7,8)9)29-31-46(61)58-42(50(66)73-53(4,5)6)28-30-44(59)55-32-34-68-36-38-70-40-47(62)56-33-35-69-37-39-71-41-48(63)64/h42-43H,10-41H2,1-9H3,(H,55,59)(H,56,62)(H,57,60)(H,58,61)(H,63,64)/t42-,43-/m0/s1. The fourth-order valence-electron chi connectivity index (χ4n) is 7.18. The predicted octanol–water partition coefficient (Wildman–Crippen LogP) is 6.95. The first-order chi connectivity index (χ1) is 34.9. The summed E-state index contributed by atoms with van der Waals surface area (Å²) < 4.78 is 37.2. The van der Waals surface area contributed by atoms with Crippen LogP contribution in [0.4, 0.5) is 0 Å². The number of carboxylic acid groups (broad SMARTS) is 1. The summed E-state index contributed by atoms with van der Waals surface area (Å²) in [6.07, 6.45) is 18.2. The maximum atomic E-state index is 13.3. The molecular weight excluding hydrogens is 961 g/mol. The maximum Gasteiger partial charge on any atom is 0.329 e. The molecule has 0 saturated heterocycles. The van der Waals surface area contributed by atoms with Crippen LogP contribution in [0.25, 0.3) is 0 Å². The average molecular weight is 1060 g/mol. The third-order valence-corrected chi connectivity index (χ3v) is 10.7. The quantitative estimate of drug-likeness (QED) is 0.0235. The second-order valence-electron chi connectivity index (χ2n) is 21.6. The number of nitrogens with one attached hydrogen (secondary N) is 4. The van der Waals surface area contributed by atoms with Crippen molar-refractivity contribution < 1.29 is 76.6 Å².